The average molecular weight is 367 g/mol. The van der Waals surface area contributed by atoms with Crippen LogP contribution >= 0.6 is 0 Å². The van der Waals surface area contributed by atoms with Crippen molar-refractivity contribution in [3.63, 3.8) is 0 Å². The van der Waals surface area contributed by atoms with Gasteiger partial charge in [-0.25, -0.2) is 0 Å². The number of carbonyl (C=O) groups excluding carboxylic acids is 1. The average Bonchev–Trinajstić information content (AvgIpc) is 2.71. The zero-order valence-electron chi connectivity index (χ0n) is 16.3. The van der Waals surface area contributed by atoms with Gasteiger partial charge in [-0.1, -0.05) is 62.2 Å². The van der Waals surface area contributed by atoms with Crippen molar-refractivity contribution in [2.24, 2.45) is 5.92 Å². The van der Waals surface area contributed by atoms with Gasteiger partial charge < -0.3 is 10.1 Å². The third-order valence-corrected chi connectivity index (χ3v) is 5.51. The molecule has 4 nitrogen and oxygen atoms in total. The van der Waals surface area contributed by atoms with E-state index in [0.717, 1.165) is 23.3 Å². The highest BCUT2D eigenvalue weighted by Crippen LogP contribution is 2.25. The van der Waals surface area contributed by atoms with Crippen LogP contribution in [0.1, 0.15) is 49.8 Å². The highest BCUT2D eigenvalue weighted by atomic mass is 16.5. The first-order valence-corrected chi connectivity index (χ1v) is 9.89. The third-order valence-electron chi connectivity index (χ3n) is 5.51. The van der Waals surface area contributed by atoms with Crippen LogP contribution in [0.3, 0.4) is 0 Å². The number of carbonyl (C=O) groups is 1. The lowest BCUT2D eigenvalue weighted by Crippen LogP contribution is -2.45. The largest absolute Gasteiger partial charge is 0.497 e. The van der Waals surface area contributed by atoms with Gasteiger partial charge in [0, 0.05) is 6.04 Å². The van der Waals surface area contributed by atoms with E-state index in [2.05, 4.69) is 29.7 Å². The highest BCUT2D eigenvalue weighted by Gasteiger charge is 2.23. The first-order valence-electron chi connectivity index (χ1n) is 9.89. The number of ether oxygens (including phenoxy) is 1. The minimum Gasteiger partial charge on any atom is -0.497 e. The van der Waals surface area contributed by atoms with Crippen LogP contribution in [-0.4, -0.2) is 25.6 Å². The van der Waals surface area contributed by atoms with Crippen LogP contribution in [0.15, 0.2) is 54.6 Å². The second-order valence-electron chi connectivity index (χ2n) is 7.43. The van der Waals surface area contributed by atoms with Crippen LogP contribution < -0.4 is 15.4 Å². The van der Waals surface area contributed by atoms with E-state index in [0.29, 0.717) is 18.5 Å². The van der Waals surface area contributed by atoms with Crippen molar-refractivity contribution < 1.29 is 9.53 Å². The second-order valence-corrected chi connectivity index (χ2v) is 7.43. The van der Waals surface area contributed by atoms with E-state index in [1.807, 2.05) is 42.5 Å². The summed E-state index contributed by atoms with van der Waals surface area (Å²) in [4.78, 5) is 12.5. The minimum atomic E-state index is -0.0355. The Hall–Kier alpha value is -2.33. The summed E-state index contributed by atoms with van der Waals surface area (Å²) in [6, 6.07) is 18.5. The van der Waals surface area contributed by atoms with Crippen molar-refractivity contribution in [2.45, 2.75) is 44.7 Å². The molecule has 0 saturated heterocycles. The van der Waals surface area contributed by atoms with Gasteiger partial charge >= 0.3 is 0 Å². The zero-order valence-corrected chi connectivity index (χ0v) is 16.3. The first-order chi connectivity index (χ1) is 13.2. The molecule has 2 N–H and O–H groups in total. The second kappa shape index (κ2) is 9.56. The predicted octanol–water partition coefficient (Wildman–Crippen LogP) is 4.07. The van der Waals surface area contributed by atoms with Crippen molar-refractivity contribution in [1.82, 2.24) is 10.6 Å². The fourth-order valence-electron chi connectivity index (χ4n) is 3.85. The van der Waals surface area contributed by atoms with Crippen molar-refractivity contribution in [3.05, 3.63) is 65.7 Å². The summed E-state index contributed by atoms with van der Waals surface area (Å²) >= 11 is 0. The van der Waals surface area contributed by atoms with Crippen LogP contribution in [0.2, 0.25) is 0 Å². The number of amides is 1. The Bertz CT molecular complexity index is 715. The molecule has 4 heteroatoms. The quantitative estimate of drug-likeness (QED) is 0.777. The Labute approximate surface area is 162 Å². The Kier molecular flexibility index (Phi) is 6.88. The topological polar surface area (TPSA) is 50.4 Å². The van der Waals surface area contributed by atoms with Crippen LogP contribution in [0.5, 0.6) is 5.75 Å². The molecule has 0 aliphatic heterocycles. The number of benzene rings is 2. The molecule has 27 heavy (non-hydrogen) atoms. The molecule has 2 aromatic carbocycles. The van der Waals surface area contributed by atoms with Gasteiger partial charge in [-0.3, -0.25) is 10.1 Å². The Morgan fingerprint density at radius 1 is 1.04 bits per heavy atom. The molecule has 3 atom stereocenters. The summed E-state index contributed by atoms with van der Waals surface area (Å²) in [5, 5.41) is 6.66. The standard InChI is InChI=1S/C23H30N2O2/c1-17-8-6-7-11-21(17)25-22(26)16-24-23(18-9-4-3-5-10-18)19-12-14-20(27-2)15-13-19/h3-5,9-10,12-15,17,21,23-24H,6-8,11,16H2,1-2H3,(H,25,26)/t17-,21+,23+/m1/s1. The molecule has 1 saturated carbocycles. The van der Waals surface area contributed by atoms with Crippen LogP contribution in [0, 0.1) is 5.92 Å². The molecule has 1 aliphatic carbocycles. The molecule has 0 unspecified atom stereocenters. The van der Waals surface area contributed by atoms with E-state index in [1.54, 1.807) is 7.11 Å². The van der Waals surface area contributed by atoms with Crippen molar-refractivity contribution in [1.29, 1.82) is 0 Å². The van der Waals surface area contributed by atoms with Gasteiger partial charge in [-0.15, -0.1) is 0 Å². The first kappa shape index (κ1) is 19.4. The van der Waals surface area contributed by atoms with E-state index in [9.17, 15) is 4.79 Å². The normalized spacial score (nSPS) is 20.7. The maximum Gasteiger partial charge on any atom is 0.234 e. The van der Waals surface area contributed by atoms with Gasteiger partial charge in [0.25, 0.3) is 0 Å². The zero-order chi connectivity index (χ0) is 19.1. The smallest absolute Gasteiger partial charge is 0.234 e. The molecule has 144 valence electrons. The molecule has 0 heterocycles. The molecule has 1 amide bonds. The highest BCUT2D eigenvalue weighted by molar-refractivity contribution is 5.78. The fourth-order valence-corrected chi connectivity index (χ4v) is 3.85. The van der Waals surface area contributed by atoms with Gasteiger partial charge in [0.05, 0.1) is 19.7 Å². The number of methoxy groups -OCH3 is 1. The maximum absolute atomic E-state index is 12.5. The van der Waals surface area contributed by atoms with Gasteiger partial charge in [0.2, 0.25) is 5.91 Å². The number of hydrogen-bond donors (Lipinski definition) is 2. The lowest BCUT2D eigenvalue weighted by atomic mass is 9.86. The van der Waals surface area contributed by atoms with Crippen molar-refractivity contribution >= 4 is 5.91 Å². The minimum absolute atomic E-state index is 0.0355. The summed E-state index contributed by atoms with van der Waals surface area (Å²) in [7, 11) is 1.67. The molecule has 0 aromatic heterocycles. The Morgan fingerprint density at radius 3 is 2.37 bits per heavy atom. The lowest BCUT2D eigenvalue weighted by molar-refractivity contribution is -0.121. The van der Waals surface area contributed by atoms with Crippen molar-refractivity contribution in [3.8, 4) is 5.75 Å². The monoisotopic (exact) mass is 366 g/mol. The fraction of sp³-hybridized carbons (Fsp3) is 0.435. The van der Waals surface area contributed by atoms with Crippen molar-refractivity contribution in [2.75, 3.05) is 13.7 Å². The molecule has 2 aromatic rings. The van der Waals surface area contributed by atoms with Crippen LogP contribution in [0.25, 0.3) is 0 Å². The predicted molar refractivity (Wildman–Crippen MR) is 109 cm³/mol. The van der Waals surface area contributed by atoms with E-state index >= 15 is 0 Å². The SMILES string of the molecule is COc1ccc([C@@H](NCC(=O)N[C@H]2CCCC[C@H]2C)c2ccccc2)cc1. The summed E-state index contributed by atoms with van der Waals surface area (Å²) in [6.45, 7) is 2.54. The summed E-state index contributed by atoms with van der Waals surface area (Å²) in [5.74, 6) is 1.46. The Balaban J connectivity index is 1.67. The van der Waals surface area contributed by atoms with Crippen LogP contribution in [-0.2, 0) is 4.79 Å². The van der Waals surface area contributed by atoms with Gasteiger partial charge in [0.1, 0.15) is 5.75 Å². The van der Waals surface area contributed by atoms with Crippen LogP contribution in [0.4, 0.5) is 0 Å². The summed E-state index contributed by atoms with van der Waals surface area (Å²) < 4.78 is 5.26. The molecule has 0 radical (unpaired) electrons. The molecule has 0 bridgehead atoms. The van der Waals surface area contributed by atoms with Gasteiger partial charge in [0.15, 0.2) is 0 Å². The van der Waals surface area contributed by atoms with Gasteiger partial charge in [-0.2, -0.15) is 0 Å². The van der Waals surface area contributed by atoms with E-state index < -0.39 is 0 Å². The number of rotatable bonds is 7. The lowest BCUT2D eigenvalue weighted by Gasteiger charge is -2.30. The van der Waals surface area contributed by atoms with E-state index in [4.69, 9.17) is 4.74 Å². The number of nitrogens with one attached hydrogen (secondary N) is 2. The molecule has 3 rings (SSSR count). The molecular formula is C23H30N2O2. The maximum atomic E-state index is 12.5. The molecule has 1 aliphatic rings. The van der Waals surface area contributed by atoms with E-state index in [1.165, 1.54) is 19.3 Å². The Morgan fingerprint density at radius 2 is 1.70 bits per heavy atom. The van der Waals surface area contributed by atoms with Gasteiger partial charge in [-0.05, 0) is 42.0 Å². The number of hydrogen-bond acceptors (Lipinski definition) is 3. The summed E-state index contributed by atoms with van der Waals surface area (Å²) in [5.41, 5.74) is 2.25. The molecular weight excluding hydrogens is 336 g/mol. The summed E-state index contributed by atoms with van der Waals surface area (Å²) in [6.07, 6.45) is 4.78. The third kappa shape index (κ3) is 5.33. The van der Waals surface area contributed by atoms with E-state index in [-0.39, 0.29) is 11.9 Å². The molecule has 1 fully saturated rings. The molecule has 0 spiro atoms.